The summed E-state index contributed by atoms with van der Waals surface area (Å²) in [6.45, 7) is 2.80. The smallest absolute Gasteiger partial charge is 0.0645 e. The van der Waals surface area contributed by atoms with E-state index < -0.39 is 0 Å². The van der Waals surface area contributed by atoms with Crippen LogP contribution in [-0.2, 0) is 12.8 Å². The fourth-order valence-corrected chi connectivity index (χ4v) is 2.57. The second-order valence-corrected chi connectivity index (χ2v) is 5.31. The summed E-state index contributed by atoms with van der Waals surface area (Å²) in [4.78, 5) is 2.11. The first-order chi connectivity index (χ1) is 9.65. The molecule has 0 saturated heterocycles. The first-order valence-corrected chi connectivity index (χ1v) is 7.34. The second-order valence-electron chi connectivity index (χ2n) is 4.90. The van der Waals surface area contributed by atoms with Crippen LogP contribution in [0.15, 0.2) is 42.5 Å². The third-order valence-electron chi connectivity index (χ3n) is 3.54. The molecule has 0 aliphatic carbocycles. The maximum Gasteiger partial charge on any atom is 0.0645 e. The molecule has 0 radical (unpaired) electrons. The van der Waals surface area contributed by atoms with Gasteiger partial charge in [-0.25, -0.2) is 0 Å². The van der Waals surface area contributed by atoms with Gasteiger partial charge >= 0.3 is 0 Å². The van der Waals surface area contributed by atoms with Crippen molar-refractivity contribution in [1.29, 1.82) is 0 Å². The Morgan fingerprint density at radius 2 is 1.70 bits per heavy atom. The van der Waals surface area contributed by atoms with Gasteiger partial charge in [-0.3, -0.25) is 0 Å². The highest BCUT2D eigenvalue weighted by molar-refractivity contribution is 6.33. The molecule has 106 valence electrons. The summed E-state index contributed by atoms with van der Waals surface area (Å²) in [5.41, 5.74) is 10.2. The third-order valence-corrected chi connectivity index (χ3v) is 3.84. The minimum absolute atomic E-state index is 0.643. The zero-order valence-corrected chi connectivity index (χ0v) is 12.8. The van der Waals surface area contributed by atoms with Gasteiger partial charge < -0.3 is 10.6 Å². The van der Waals surface area contributed by atoms with Gasteiger partial charge in [0.05, 0.1) is 10.7 Å². The predicted octanol–water partition coefficient (Wildman–Crippen LogP) is 4.17. The molecule has 0 aliphatic heterocycles. The minimum Gasteiger partial charge on any atom is -0.343 e. The Bertz CT molecular complexity index is 564. The van der Waals surface area contributed by atoms with E-state index in [4.69, 9.17) is 17.3 Å². The summed E-state index contributed by atoms with van der Waals surface area (Å²) in [5.74, 6) is 0. The number of hydrogen-bond acceptors (Lipinski definition) is 2. The Balaban J connectivity index is 2.25. The van der Waals surface area contributed by atoms with Crippen LogP contribution < -0.4 is 10.6 Å². The molecule has 2 rings (SSSR count). The lowest BCUT2D eigenvalue weighted by molar-refractivity contribution is 0.968. The molecular weight excluding hydrogens is 268 g/mol. The molecule has 2 nitrogen and oxygen atoms in total. The van der Waals surface area contributed by atoms with E-state index in [1.54, 1.807) is 0 Å². The fourth-order valence-electron chi connectivity index (χ4n) is 2.24. The van der Waals surface area contributed by atoms with Gasteiger partial charge in [0.25, 0.3) is 0 Å². The van der Waals surface area contributed by atoms with Crippen molar-refractivity contribution in [1.82, 2.24) is 0 Å². The molecule has 0 saturated carbocycles. The van der Waals surface area contributed by atoms with Crippen molar-refractivity contribution in [2.45, 2.75) is 19.8 Å². The number of benzene rings is 2. The summed E-state index contributed by atoms with van der Waals surface area (Å²) in [6, 6.07) is 14.7. The number of halogens is 1. The molecule has 0 fully saturated rings. The van der Waals surface area contributed by atoms with E-state index in [-0.39, 0.29) is 0 Å². The summed E-state index contributed by atoms with van der Waals surface area (Å²) < 4.78 is 0. The lowest BCUT2D eigenvalue weighted by atomic mass is 10.1. The van der Waals surface area contributed by atoms with Crippen molar-refractivity contribution in [2.75, 3.05) is 18.5 Å². The van der Waals surface area contributed by atoms with E-state index in [1.165, 1.54) is 11.1 Å². The molecule has 0 spiro atoms. The van der Waals surface area contributed by atoms with Crippen LogP contribution in [0.2, 0.25) is 5.02 Å². The summed E-state index contributed by atoms with van der Waals surface area (Å²) in [5, 5.41) is 0.762. The van der Waals surface area contributed by atoms with E-state index in [1.807, 2.05) is 13.1 Å². The SMILES string of the molecule is CCc1ccc(N(C)c2ccc(CCN)cc2Cl)cc1. The van der Waals surface area contributed by atoms with Crippen LogP contribution in [0.1, 0.15) is 18.1 Å². The molecule has 3 heteroatoms. The Morgan fingerprint density at radius 1 is 1.05 bits per heavy atom. The van der Waals surface area contributed by atoms with Gasteiger partial charge in [0, 0.05) is 12.7 Å². The number of aryl methyl sites for hydroxylation is 1. The predicted molar refractivity (Wildman–Crippen MR) is 88.1 cm³/mol. The zero-order valence-electron chi connectivity index (χ0n) is 12.1. The van der Waals surface area contributed by atoms with Gasteiger partial charge in [-0.1, -0.05) is 36.7 Å². The van der Waals surface area contributed by atoms with Crippen LogP contribution in [0.3, 0.4) is 0 Å². The Morgan fingerprint density at radius 3 is 2.25 bits per heavy atom. The van der Waals surface area contributed by atoms with Crippen molar-refractivity contribution in [3.63, 3.8) is 0 Å². The lowest BCUT2D eigenvalue weighted by Crippen LogP contribution is -2.10. The summed E-state index contributed by atoms with van der Waals surface area (Å²) >= 11 is 6.39. The molecule has 0 bridgehead atoms. The third kappa shape index (κ3) is 3.33. The van der Waals surface area contributed by atoms with Crippen LogP contribution in [0, 0.1) is 0 Å². The molecule has 2 aromatic rings. The number of hydrogen-bond donors (Lipinski definition) is 1. The van der Waals surface area contributed by atoms with Crippen molar-refractivity contribution in [2.24, 2.45) is 5.73 Å². The Labute approximate surface area is 126 Å². The highest BCUT2D eigenvalue weighted by atomic mass is 35.5. The minimum atomic E-state index is 0.643. The molecule has 0 amide bonds. The zero-order chi connectivity index (χ0) is 14.5. The normalized spacial score (nSPS) is 10.6. The van der Waals surface area contributed by atoms with Crippen LogP contribution in [-0.4, -0.2) is 13.6 Å². The largest absolute Gasteiger partial charge is 0.343 e. The number of nitrogens with two attached hydrogens (primary N) is 1. The standard InChI is InChI=1S/C17H21ClN2/c1-3-13-4-7-15(8-5-13)20(2)17-9-6-14(10-11-19)12-16(17)18/h4-9,12H,3,10-11,19H2,1-2H3. The summed E-state index contributed by atoms with van der Waals surface area (Å²) in [7, 11) is 2.03. The van der Waals surface area contributed by atoms with E-state index in [9.17, 15) is 0 Å². The molecule has 0 atom stereocenters. The maximum atomic E-state index is 6.39. The van der Waals surface area contributed by atoms with Crippen LogP contribution in [0.4, 0.5) is 11.4 Å². The summed E-state index contributed by atoms with van der Waals surface area (Å²) in [6.07, 6.45) is 1.91. The molecule has 20 heavy (non-hydrogen) atoms. The van der Waals surface area contributed by atoms with Gasteiger partial charge in [-0.15, -0.1) is 0 Å². The van der Waals surface area contributed by atoms with Gasteiger partial charge in [-0.2, -0.15) is 0 Å². The first-order valence-electron chi connectivity index (χ1n) is 6.97. The van der Waals surface area contributed by atoms with Crippen molar-refractivity contribution in [3.05, 3.63) is 58.6 Å². The topological polar surface area (TPSA) is 29.3 Å². The van der Waals surface area contributed by atoms with Crippen molar-refractivity contribution < 1.29 is 0 Å². The Hall–Kier alpha value is -1.51. The van der Waals surface area contributed by atoms with E-state index in [0.717, 1.165) is 29.2 Å². The van der Waals surface area contributed by atoms with Crippen molar-refractivity contribution in [3.8, 4) is 0 Å². The van der Waals surface area contributed by atoms with E-state index >= 15 is 0 Å². The number of rotatable bonds is 5. The second kappa shape index (κ2) is 6.78. The van der Waals surface area contributed by atoms with Gasteiger partial charge in [-0.05, 0) is 54.8 Å². The average Bonchev–Trinajstić information content (AvgIpc) is 2.47. The monoisotopic (exact) mass is 288 g/mol. The molecule has 0 heterocycles. The maximum absolute atomic E-state index is 6.39. The molecule has 0 unspecified atom stereocenters. The Kier molecular flexibility index (Phi) is 5.05. The van der Waals surface area contributed by atoms with Crippen LogP contribution >= 0.6 is 11.6 Å². The molecule has 2 N–H and O–H groups in total. The number of nitrogens with zero attached hydrogens (tertiary/aromatic N) is 1. The van der Waals surface area contributed by atoms with Gasteiger partial charge in [0.2, 0.25) is 0 Å². The highest BCUT2D eigenvalue weighted by Gasteiger charge is 2.09. The van der Waals surface area contributed by atoms with E-state index in [0.29, 0.717) is 6.54 Å². The first kappa shape index (κ1) is 14.9. The molecule has 2 aromatic carbocycles. The molecular formula is C17H21ClN2. The molecule has 0 aliphatic rings. The van der Waals surface area contributed by atoms with Crippen LogP contribution in [0.25, 0.3) is 0 Å². The van der Waals surface area contributed by atoms with Crippen molar-refractivity contribution >= 4 is 23.0 Å². The fraction of sp³-hybridized carbons (Fsp3) is 0.294. The van der Waals surface area contributed by atoms with Gasteiger partial charge in [0.15, 0.2) is 0 Å². The van der Waals surface area contributed by atoms with E-state index in [2.05, 4.69) is 48.2 Å². The van der Waals surface area contributed by atoms with Gasteiger partial charge in [0.1, 0.15) is 0 Å². The lowest BCUT2D eigenvalue weighted by Gasteiger charge is -2.21. The number of anilines is 2. The molecule has 0 aromatic heterocycles. The average molecular weight is 289 g/mol. The quantitative estimate of drug-likeness (QED) is 0.895. The highest BCUT2D eigenvalue weighted by Crippen LogP contribution is 2.31. The van der Waals surface area contributed by atoms with Crippen LogP contribution in [0.5, 0.6) is 0 Å².